The number of hydrogen-bond donors (Lipinski definition) is 1. The smallest absolute Gasteiger partial charge is 0.317 e. The number of nitrogens with zero attached hydrogens (tertiary/aromatic N) is 4. The Morgan fingerprint density at radius 2 is 2.12 bits per heavy atom. The molecule has 2 aromatic heterocycles. The Morgan fingerprint density at radius 3 is 2.80 bits per heavy atom. The zero-order chi connectivity index (χ0) is 17.8. The van der Waals surface area contributed by atoms with Crippen molar-refractivity contribution in [1.82, 2.24) is 25.0 Å². The number of aromatic nitrogens is 3. The molecule has 0 spiro atoms. The summed E-state index contributed by atoms with van der Waals surface area (Å²) in [7, 11) is 0. The molecule has 2 atom stereocenters. The molecule has 1 fully saturated rings. The van der Waals surface area contributed by atoms with E-state index in [0.717, 1.165) is 37.3 Å². The van der Waals surface area contributed by atoms with E-state index in [9.17, 15) is 4.79 Å². The first kappa shape index (κ1) is 17.5. The number of hydrogen-bond acceptors (Lipinski definition) is 3. The molecule has 0 radical (unpaired) electrons. The molecule has 25 heavy (non-hydrogen) atoms. The summed E-state index contributed by atoms with van der Waals surface area (Å²) < 4.78 is 2.02. The number of aryl methyl sites for hydroxylation is 2. The number of nitrogens with one attached hydrogen (secondary N) is 1. The second-order valence-electron chi connectivity index (χ2n) is 7.03. The minimum atomic E-state index is 0.0273. The van der Waals surface area contributed by atoms with Gasteiger partial charge >= 0.3 is 6.03 Å². The number of urea groups is 1. The van der Waals surface area contributed by atoms with Crippen molar-refractivity contribution >= 4 is 6.03 Å². The Morgan fingerprint density at radius 1 is 1.36 bits per heavy atom. The van der Waals surface area contributed by atoms with E-state index in [0.29, 0.717) is 12.5 Å². The second kappa shape index (κ2) is 7.68. The van der Waals surface area contributed by atoms with Crippen LogP contribution in [-0.4, -0.2) is 38.8 Å². The fourth-order valence-corrected chi connectivity index (χ4v) is 3.52. The Labute approximate surface area is 149 Å². The molecule has 0 saturated carbocycles. The lowest BCUT2D eigenvalue weighted by atomic mass is 10.1. The minimum Gasteiger partial charge on any atom is -0.338 e. The van der Waals surface area contributed by atoms with Gasteiger partial charge in [0.25, 0.3) is 0 Å². The average molecular weight is 341 g/mol. The van der Waals surface area contributed by atoms with Gasteiger partial charge in [-0.05, 0) is 56.4 Å². The topological polar surface area (TPSA) is 63.1 Å². The van der Waals surface area contributed by atoms with Crippen molar-refractivity contribution in [3.05, 3.63) is 47.5 Å². The van der Waals surface area contributed by atoms with Crippen LogP contribution in [0, 0.1) is 19.8 Å². The summed E-state index contributed by atoms with van der Waals surface area (Å²) in [6.07, 6.45) is 5.64. The van der Waals surface area contributed by atoms with Crippen LogP contribution < -0.4 is 5.32 Å². The van der Waals surface area contributed by atoms with Crippen molar-refractivity contribution in [3.8, 4) is 0 Å². The lowest BCUT2D eigenvalue weighted by molar-refractivity contribution is 0.190. The van der Waals surface area contributed by atoms with E-state index >= 15 is 0 Å². The van der Waals surface area contributed by atoms with Crippen LogP contribution >= 0.6 is 0 Å². The first-order valence-corrected chi connectivity index (χ1v) is 9.00. The molecule has 0 unspecified atom stereocenters. The van der Waals surface area contributed by atoms with E-state index in [1.807, 2.05) is 28.6 Å². The van der Waals surface area contributed by atoms with Gasteiger partial charge in [-0.3, -0.25) is 9.67 Å². The summed E-state index contributed by atoms with van der Waals surface area (Å²) in [5.41, 5.74) is 3.36. The molecular formula is C19H27N5O. The predicted octanol–water partition coefficient (Wildman–Crippen LogP) is 3.08. The summed E-state index contributed by atoms with van der Waals surface area (Å²) in [5.74, 6) is 0.323. The van der Waals surface area contributed by atoms with Gasteiger partial charge in [0.15, 0.2) is 0 Å². The Kier molecular flexibility index (Phi) is 5.36. The highest BCUT2D eigenvalue weighted by Gasteiger charge is 2.29. The van der Waals surface area contributed by atoms with Crippen molar-refractivity contribution in [2.24, 2.45) is 5.92 Å². The normalized spacial score (nSPS) is 18.4. The molecule has 3 rings (SSSR count). The van der Waals surface area contributed by atoms with Crippen LogP contribution in [0.25, 0.3) is 0 Å². The first-order valence-electron chi connectivity index (χ1n) is 9.00. The number of likely N-dealkylation sites (tertiary alicyclic amines) is 1. The van der Waals surface area contributed by atoms with E-state index in [2.05, 4.69) is 35.3 Å². The zero-order valence-electron chi connectivity index (χ0n) is 15.3. The van der Waals surface area contributed by atoms with Gasteiger partial charge in [-0.1, -0.05) is 6.92 Å². The predicted molar refractivity (Wildman–Crippen MR) is 97.2 cm³/mol. The quantitative estimate of drug-likeness (QED) is 0.909. The van der Waals surface area contributed by atoms with Crippen molar-refractivity contribution < 1.29 is 4.79 Å². The van der Waals surface area contributed by atoms with E-state index in [4.69, 9.17) is 0 Å². The third-order valence-electron chi connectivity index (χ3n) is 4.79. The molecule has 1 aliphatic rings. The van der Waals surface area contributed by atoms with E-state index in [-0.39, 0.29) is 12.1 Å². The largest absolute Gasteiger partial charge is 0.338 e. The molecule has 1 aliphatic heterocycles. The molecule has 3 heterocycles. The third-order valence-corrected chi connectivity index (χ3v) is 4.79. The summed E-state index contributed by atoms with van der Waals surface area (Å²) in [4.78, 5) is 18.7. The van der Waals surface area contributed by atoms with Gasteiger partial charge in [-0.2, -0.15) is 5.10 Å². The zero-order valence-corrected chi connectivity index (χ0v) is 15.3. The van der Waals surface area contributed by atoms with Gasteiger partial charge in [0, 0.05) is 37.7 Å². The molecule has 2 aromatic rings. The van der Waals surface area contributed by atoms with Crippen LogP contribution in [0.5, 0.6) is 0 Å². The van der Waals surface area contributed by atoms with E-state index < -0.39 is 0 Å². The summed E-state index contributed by atoms with van der Waals surface area (Å²) >= 11 is 0. The second-order valence-corrected chi connectivity index (χ2v) is 7.03. The molecule has 1 N–H and O–H groups in total. The molecule has 0 bridgehead atoms. The van der Waals surface area contributed by atoms with Crippen molar-refractivity contribution in [2.75, 3.05) is 13.1 Å². The van der Waals surface area contributed by atoms with Crippen LogP contribution in [0.4, 0.5) is 4.79 Å². The highest BCUT2D eigenvalue weighted by Crippen LogP contribution is 2.31. The molecule has 1 saturated heterocycles. The fourth-order valence-electron chi connectivity index (χ4n) is 3.52. The SMILES string of the molecule is Cc1cc(C)n(C[C@@H](C)CNC(=O)N2CCC[C@H]2c2ccncc2)n1. The number of rotatable bonds is 5. The molecular weight excluding hydrogens is 314 g/mol. The van der Waals surface area contributed by atoms with Crippen molar-refractivity contribution in [1.29, 1.82) is 0 Å². The van der Waals surface area contributed by atoms with E-state index in [1.165, 1.54) is 5.56 Å². The van der Waals surface area contributed by atoms with Gasteiger partial charge in [-0.25, -0.2) is 4.79 Å². The Hall–Kier alpha value is -2.37. The average Bonchev–Trinajstić information content (AvgIpc) is 3.20. The maximum Gasteiger partial charge on any atom is 0.317 e. The van der Waals surface area contributed by atoms with Crippen LogP contribution in [0.3, 0.4) is 0 Å². The molecule has 6 nitrogen and oxygen atoms in total. The third kappa shape index (κ3) is 4.18. The van der Waals surface area contributed by atoms with Gasteiger partial charge in [0.2, 0.25) is 0 Å². The standard InChI is InChI=1S/C19H27N5O/c1-14(13-24-16(3)11-15(2)22-24)12-21-19(25)23-10-4-5-18(23)17-6-8-20-9-7-17/h6-9,11,14,18H,4-5,10,12-13H2,1-3H3,(H,21,25)/t14-,18-/m0/s1. The Balaban J connectivity index is 1.54. The molecule has 6 heteroatoms. The molecule has 134 valence electrons. The summed E-state index contributed by atoms with van der Waals surface area (Å²) in [6, 6.07) is 6.27. The maximum atomic E-state index is 12.6. The summed E-state index contributed by atoms with van der Waals surface area (Å²) in [6.45, 7) is 8.48. The minimum absolute atomic E-state index is 0.0273. The van der Waals surface area contributed by atoms with Crippen LogP contribution in [-0.2, 0) is 6.54 Å². The van der Waals surface area contributed by atoms with Gasteiger partial charge in [0.1, 0.15) is 0 Å². The van der Waals surface area contributed by atoms with Gasteiger partial charge in [0.05, 0.1) is 11.7 Å². The van der Waals surface area contributed by atoms with Gasteiger partial charge in [-0.15, -0.1) is 0 Å². The van der Waals surface area contributed by atoms with Crippen molar-refractivity contribution in [2.45, 2.75) is 46.2 Å². The van der Waals surface area contributed by atoms with Crippen LogP contribution in [0.1, 0.15) is 42.8 Å². The van der Waals surface area contributed by atoms with Crippen molar-refractivity contribution in [3.63, 3.8) is 0 Å². The summed E-state index contributed by atoms with van der Waals surface area (Å²) in [5, 5.41) is 7.59. The molecule has 2 amide bonds. The van der Waals surface area contributed by atoms with E-state index in [1.54, 1.807) is 12.4 Å². The number of carbonyl (C=O) groups excluding carboxylic acids is 1. The molecule has 0 aliphatic carbocycles. The maximum absolute atomic E-state index is 12.6. The highest BCUT2D eigenvalue weighted by molar-refractivity contribution is 5.75. The lowest BCUT2D eigenvalue weighted by Gasteiger charge is -2.26. The number of amides is 2. The molecule has 0 aromatic carbocycles. The lowest BCUT2D eigenvalue weighted by Crippen LogP contribution is -2.41. The number of pyridine rings is 1. The van der Waals surface area contributed by atoms with Crippen LogP contribution in [0.2, 0.25) is 0 Å². The van der Waals surface area contributed by atoms with Crippen LogP contribution in [0.15, 0.2) is 30.6 Å². The highest BCUT2D eigenvalue weighted by atomic mass is 16.2. The first-order chi connectivity index (χ1) is 12.0. The number of carbonyl (C=O) groups is 1. The Bertz CT molecular complexity index is 712. The van der Waals surface area contributed by atoms with Gasteiger partial charge < -0.3 is 10.2 Å². The monoisotopic (exact) mass is 341 g/mol. The fraction of sp³-hybridized carbons (Fsp3) is 0.526.